The zero-order valence-electron chi connectivity index (χ0n) is 17.2. The highest BCUT2D eigenvalue weighted by atomic mass is 16.5. The highest BCUT2D eigenvalue weighted by Gasteiger charge is 2.36. The van der Waals surface area contributed by atoms with Gasteiger partial charge in [-0.2, -0.15) is 0 Å². The summed E-state index contributed by atoms with van der Waals surface area (Å²) in [5, 5.41) is 0. The van der Waals surface area contributed by atoms with Crippen molar-refractivity contribution in [3.8, 4) is 0 Å². The van der Waals surface area contributed by atoms with Crippen molar-refractivity contribution < 1.29 is 28.7 Å². The first kappa shape index (κ1) is 20.7. The molecule has 0 N–H and O–H groups in total. The molecule has 0 saturated carbocycles. The second-order valence-corrected chi connectivity index (χ2v) is 7.67. The number of rotatable bonds is 4. The lowest BCUT2D eigenvalue weighted by atomic mass is 10.1. The Bertz CT molecular complexity index is 1020. The minimum absolute atomic E-state index is 0.0836. The number of hydrogen-bond donors (Lipinski definition) is 0. The van der Waals surface area contributed by atoms with Crippen LogP contribution >= 0.6 is 0 Å². The van der Waals surface area contributed by atoms with Crippen LogP contribution in [0.15, 0.2) is 48.5 Å². The molecule has 1 saturated heterocycles. The minimum atomic E-state index is -0.707. The predicted molar refractivity (Wildman–Crippen MR) is 111 cm³/mol. The fourth-order valence-corrected chi connectivity index (χ4v) is 3.88. The number of hydrogen-bond acceptors (Lipinski definition) is 6. The number of anilines is 1. The van der Waals surface area contributed by atoms with Gasteiger partial charge in [0.05, 0.1) is 34.6 Å². The molecule has 2 heterocycles. The summed E-state index contributed by atoms with van der Waals surface area (Å²) >= 11 is 0. The van der Waals surface area contributed by atoms with Crippen molar-refractivity contribution in [2.24, 2.45) is 0 Å². The molecular formula is C23H22N2O6. The van der Waals surface area contributed by atoms with Crippen LogP contribution in [0.1, 0.15) is 44.9 Å². The summed E-state index contributed by atoms with van der Waals surface area (Å²) in [6, 6.07) is 12.6. The van der Waals surface area contributed by atoms with Crippen LogP contribution in [0, 0.1) is 0 Å². The molecule has 3 amide bonds. The van der Waals surface area contributed by atoms with Gasteiger partial charge in [-0.1, -0.05) is 18.2 Å². The molecule has 2 aromatic rings. The van der Waals surface area contributed by atoms with Gasteiger partial charge in [0.2, 0.25) is 0 Å². The maximum Gasteiger partial charge on any atom is 0.338 e. The molecule has 0 radical (unpaired) electrons. The van der Waals surface area contributed by atoms with Gasteiger partial charge < -0.3 is 14.4 Å². The molecule has 8 heteroatoms. The lowest BCUT2D eigenvalue weighted by Gasteiger charge is -2.35. The van der Waals surface area contributed by atoms with Gasteiger partial charge in [0.15, 0.2) is 6.61 Å². The van der Waals surface area contributed by atoms with Crippen molar-refractivity contribution in [2.75, 3.05) is 24.6 Å². The average molecular weight is 422 g/mol. The van der Waals surface area contributed by atoms with Crippen molar-refractivity contribution in [2.45, 2.75) is 26.1 Å². The summed E-state index contributed by atoms with van der Waals surface area (Å²) in [5.41, 5.74) is 1.05. The van der Waals surface area contributed by atoms with Crippen LogP contribution in [0.2, 0.25) is 0 Å². The number of fused-ring (bicyclic) bond motifs is 1. The standard InChI is InChI=1S/C23H22N2O6/c1-14-11-24(12-15(2)31-14)20(26)13-30-23(29)16-6-5-7-17(10-16)25-21(27)18-8-3-4-9-19(18)22(25)28/h3-10,14-15H,11-13H2,1-2H3/t14-,15+. The van der Waals surface area contributed by atoms with Crippen LogP contribution in [0.5, 0.6) is 0 Å². The largest absolute Gasteiger partial charge is 0.452 e. The van der Waals surface area contributed by atoms with E-state index in [1.54, 1.807) is 41.3 Å². The number of esters is 1. The van der Waals surface area contributed by atoms with Crippen molar-refractivity contribution in [1.29, 1.82) is 0 Å². The minimum Gasteiger partial charge on any atom is -0.452 e. The third kappa shape index (κ3) is 4.06. The van der Waals surface area contributed by atoms with E-state index < -0.39 is 24.4 Å². The number of benzene rings is 2. The molecule has 0 aromatic heterocycles. The number of ether oxygens (including phenoxy) is 2. The van der Waals surface area contributed by atoms with E-state index in [1.807, 2.05) is 13.8 Å². The van der Waals surface area contributed by atoms with Crippen molar-refractivity contribution in [3.63, 3.8) is 0 Å². The van der Waals surface area contributed by atoms with E-state index in [2.05, 4.69) is 0 Å². The number of imide groups is 1. The fourth-order valence-electron chi connectivity index (χ4n) is 3.88. The molecular weight excluding hydrogens is 400 g/mol. The predicted octanol–water partition coefficient (Wildman–Crippen LogP) is 2.28. The van der Waals surface area contributed by atoms with Crippen LogP contribution in [-0.4, -0.2) is 60.5 Å². The second kappa shape index (κ2) is 8.31. The van der Waals surface area contributed by atoms with E-state index in [1.165, 1.54) is 12.1 Å². The van der Waals surface area contributed by atoms with Crippen LogP contribution in [-0.2, 0) is 14.3 Å². The van der Waals surface area contributed by atoms with Gasteiger partial charge in [0, 0.05) is 13.1 Å². The molecule has 0 unspecified atom stereocenters. The second-order valence-electron chi connectivity index (χ2n) is 7.67. The molecule has 2 atom stereocenters. The van der Waals surface area contributed by atoms with Gasteiger partial charge in [-0.15, -0.1) is 0 Å². The van der Waals surface area contributed by atoms with E-state index in [4.69, 9.17) is 9.47 Å². The third-order valence-corrected chi connectivity index (χ3v) is 5.23. The molecule has 1 fully saturated rings. The molecule has 0 bridgehead atoms. The first-order chi connectivity index (χ1) is 14.8. The Labute approximate surface area is 179 Å². The van der Waals surface area contributed by atoms with Gasteiger partial charge in [-0.05, 0) is 44.2 Å². The average Bonchev–Trinajstić information content (AvgIpc) is 3.01. The molecule has 0 aliphatic carbocycles. The SMILES string of the molecule is C[C@@H]1CN(C(=O)COC(=O)c2cccc(N3C(=O)c4ccccc4C3=O)c2)C[C@H](C)O1. The zero-order chi connectivity index (χ0) is 22.1. The first-order valence-electron chi connectivity index (χ1n) is 10.0. The number of amides is 3. The van der Waals surface area contributed by atoms with Crippen molar-refractivity contribution in [1.82, 2.24) is 4.90 Å². The Kier molecular flexibility index (Phi) is 5.56. The van der Waals surface area contributed by atoms with E-state index in [9.17, 15) is 19.2 Å². The van der Waals surface area contributed by atoms with Gasteiger partial charge in [-0.25, -0.2) is 9.69 Å². The van der Waals surface area contributed by atoms with Gasteiger partial charge in [0.25, 0.3) is 17.7 Å². The summed E-state index contributed by atoms with van der Waals surface area (Å²) in [7, 11) is 0. The number of nitrogens with zero attached hydrogens (tertiary/aromatic N) is 2. The quantitative estimate of drug-likeness (QED) is 0.554. The summed E-state index contributed by atoms with van der Waals surface area (Å²) < 4.78 is 10.8. The molecule has 2 aliphatic rings. The number of morpholine rings is 1. The Hall–Kier alpha value is -3.52. The number of carbonyl (C=O) groups is 4. The van der Waals surface area contributed by atoms with Gasteiger partial charge in [-0.3, -0.25) is 14.4 Å². The zero-order valence-corrected chi connectivity index (χ0v) is 17.2. The van der Waals surface area contributed by atoms with Crippen molar-refractivity contribution in [3.05, 3.63) is 65.2 Å². The van der Waals surface area contributed by atoms with Crippen LogP contribution in [0.3, 0.4) is 0 Å². The molecule has 4 rings (SSSR count). The van der Waals surface area contributed by atoms with E-state index in [0.717, 1.165) is 4.90 Å². The molecule has 2 aromatic carbocycles. The highest BCUT2D eigenvalue weighted by Crippen LogP contribution is 2.28. The molecule has 8 nitrogen and oxygen atoms in total. The maximum atomic E-state index is 12.7. The van der Waals surface area contributed by atoms with Crippen molar-refractivity contribution >= 4 is 29.4 Å². The fraction of sp³-hybridized carbons (Fsp3) is 0.304. The number of carbonyl (C=O) groups excluding carboxylic acids is 4. The Morgan fingerprint density at radius 2 is 1.58 bits per heavy atom. The summed E-state index contributed by atoms with van der Waals surface area (Å²) in [5.74, 6) is -1.90. The topological polar surface area (TPSA) is 93.2 Å². The summed E-state index contributed by atoms with van der Waals surface area (Å²) in [6.45, 7) is 4.25. The third-order valence-electron chi connectivity index (χ3n) is 5.23. The smallest absolute Gasteiger partial charge is 0.338 e. The Balaban J connectivity index is 1.44. The monoisotopic (exact) mass is 422 g/mol. The van der Waals surface area contributed by atoms with E-state index in [0.29, 0.717) is 24.2 Å². The summed E-state index contributed by atoms with van der Waals surface area (Å²) in [6.07, 6.45) is -0.167. The van der Waals surface area contributed by atoms with Crippen LogP contribution in [0.4, 0.5) is 5.69 Å². The first-order valence-corrected chi connectivity index (χ1v) is 10.0. The van der Waals surface area contributed by atoms with Crippen LogP contribution < -0.4 is 4.90 Å². The molecule has 2 aliphatic heterocycles. The normalized spacial score (nSPS) is 20.6. The van der Waals surface area contributed by atoms with Crippen LogP contribution in [0.25, 0.3) is 0 Å². The lowest BCUT2D eigenvalue weighted by molar-refractivity contribution is -0.146. The van der Waals surface area contributed by atoms with E-state index >= 15 is 0 Å². The Morgan fingerprint density at radius 1 is 0.968 bits per heavy atom. The van der Waals surface area contributed by atoms with Gasteiger partial charge in [0.1, 0.15) is 0 Å². The highest BCUT2D eigenvalue weighted by molar-refractivity contribution is 6.34. The molecule has 31 heavy (non-hydrogen) atoms. The molecule has 160 valence electrons. The lowest BCUT2D eigenvalue weighted by Crippen LogP contribution is -2.49. The Morgan fingerprint density at radius 3 is 2.19 bits per heavy atom. The van der Waals surface area contributed by atoms with Gasteiger partial charge >= 0.3 is 5.97 Å². The summed E-state index contributed by atoms with van der Waals surface area (Å²) in [4.78, 5) is 52.9. The maximum absolute atomic E-state index is 12.7. The molecule has 0 spiro atoms. The van der Waals surface area contributed by atoms with E-state index in [-0.39, 0.29) is 29.4 Å².